The van der Waals surface area contributed by atoms with Gasteiger partial charge in [0, 0.05) is 41.9 Å². The lowest BCUT2D eigenvalue weighted by molar-refractivity contribution is 0.541. The minimum Gasteiger partial charge on any atom is -0.320 e. The quantitative estimate of drug-likeness (QED) is 0.760. The first kappa shape index (κ1) is 12.1. The molecule has 2 nitrogen and oxygen atoms in total. The third-order valence-corrected chi connectivity index (χ3v) is 5.72. The van der Waals surface area contributed by atoms with Crippen molar-refractivity contribution < 1.29 is 8.78 Å². The van der Waals surface area contributed by atoms with Crippen LogP contribution in [0.15, 0.2) is 24.4 Å². The van der Waals surface area contributed by atoms with Gasteiger partial charge in [0.1, 0.15) is 11.6 Å². The summed E-state index contributed by atoms with van der Waals surface area (Å²) in [6.07, 6.45) is 5.57. The third kappa shape index (κ3) is 1.53. The number of imidazole rings is 1. The summed E-state index contributed by atoms with van der Waals surface area (Å²) in [6.45, 7) is 0.758. The van der Waals surface area contributed by atoms with Gasteiger partial charge in [-0.3, -0.25) is 0 Å². The molecule has 0 amide bonds. The molecule has 0 radical (unpaired) electrons. The molecule has 0 spiro atoms. The van der Waals surface area contributed by atoms with E-state index in [1.807, 2.05) is 0 Å². The zero-order valence-corrected chi connectivity index (χ0v) is 12.2. The van der Waals surface area contributed by atoms with Crippen molar-refractivity contribution in [3.63, 3.8) is 0 Å². The van der Waals surface area contributed by atoms with Crippen molar-refractivity contribution in [2.45, 2.75) is 43.2 Å². The molecule has 2 fully saturated rings. The molecule has 0 unspecified atom stereocenters. The van der Waals surface area contributed by atoms with Crippen molar-refractivity contribution in [2.75, 3.05) is 0 Å². The van der Waals surface area contributed by atoms with Crippen LogP contribution in [0.1, 0.15) is 42.5 Å². The van der Waals surface area contributed by atoms with Crippen molar-refractivity contribution in [3.05, 3.63) is 52.1 Å². The van der Waals surface area contributed by atoms with Crippen LogP contribution in [0.4, 0.5) is 8.78 Å². The minimum atomic E-state index is -0.492. The highest BCUT2D eigenvalue weighted by Crippen LogP contribution is 2.65. The topological polar surface area (TPSA) is 9.86 Å². The maximum atomic E-state index is 13.5. The molecule has 0 N–H and O–H groups in total. The van der Waals surface area contributed by atoms with E-state index in [0.29, 0.717) is 12.0 Å². The summed E-state index contributed by atoms with van der Waals surface area (Å²) in [4.78, 5) is 0. The standard InChI is InChI=1S/C16H14F2N2S/c17-10-3-9(4-11(18)5-10)16-6-13(16)14-7-19(12-1-2-12)15(21)20(14)8-16/h3-5,7,12-13H,1-2,6,8H2/t13-,16+/m0/s1. The van der Waals surface area contributed by atoms with Gasteiger partial charge >= 0.3 is 0 Å². The van der Waals surface area contributed by atoms with Crippen LogP contribution in [0.2, 0.25) is 0 Å². The lowest BCUT2D eigenvalue weighted by atomic mass is 9.94. The summed E-state index contributed by atoms with van der Waals surface area (Å²) in [5, 5.41) is 0. The fourth-order valence-electron chi connectivity index (χ4n) is 3.97. The summed E-state index contributed by atoms with van der Waals surface area (Å²) >= 11 is 5.57. The summed E-state index contributed by atoms with van der Waals surface area (Å²) in [5.41, 5.74) is 1.90. The Labute approximate surface area is 126 Å². The fraction of sp³-hybridized carbons (Fsp3) is 0.438. The van der Waals surface area contributed by atoms with Crippen LogP contribution < -0.4 is 0 Å². The van der Waals surface area contributed by atoms with E-state index in [4.69, 9.17) is 12.2 Å². The lowest BCUT2D eigenvalue weighted by Gasteiger charge is -2.14. The van der Waals surface area contributed by atoms with Crippen LogP contribution in [-0.4, -0.2) is 9.13 Å². The molecule has 0 saturated heterocycles. The Morgan fingerprint density at radius 3 is 2.48 bits per heavy atom. The number of rotatable bonds is 2. The van der Waals surface area contributed by atoms with Crippen molar-refractivity contribution in [3.8, 4) is 0 Å². The van der Waals surface area contributed by atoms with Crippen molar-refractivity contribution >= 4 is 12.2 Å². The fourth-order valence-corrected chi connectivity index (χ4v) is 4.34. The molecule has 2 aromatic rings. The van der Waals surface area contributed by atoms with Crippen molar-refractivity contribution in [1.82, 2.24) is 9.13 Å². The highest BCUT2D eigenvalue weighted by molar-refractivity contribution is 7.71. The highest BCUT2D eigenvalue weighted by Gasteiger charge is 2.62. The average Bonchev–Trinajstić information content (AvgIpc) is 3.33. The normalized spacial score (nSPS) is 29.3. The van der Waals surface area contributed by atoms with Crippen LogP contribution in [-0.2, 0) is 12.0 Å². The van der Waals surface area contributed by atoms with Gasteiger partial charge in [0.05, 0.1) is 0 Å². The van der Waals surface area contributed by atoms with Gasteiger partial charge in [0.25, 0.3) is 0 Å². The zero-order chi connectivity index (χ0) is 14.4. The van der Waals surface area contributed by atoms with Gasteiger partial charge in [-0.2, -0.15) is 0 Å². The Morgan fingerprint density at radius 1 is 1.14 bits per heavy atom. The Morgan fingerprint density at radius 2 is 1.86 bits per heavy atom. The molecule has 2 heterocycles. The first-order valence-electron chi connectivity index (χ1n) is 7.37. The maximum Gasteiger partial charge on any atom is 0.180 e. The van der Waals surface area contributed by atoms with Crippen LogP contribution in [0.25, 0.3) is 0 Å². The number of hydrogen-bond donors (Lipinski definition) is 0. The number of nitrogens with zero attached hydrogens (tertiary/aromatic N) is 2. The molecule has 1 aliphatic heterocycles. The first-order chi connectivity index (χ1) is 10.1. The van der Waals surface area contributed by atoms with Gasteiger partial charge in [-0.1, -0.05) is 0 Å². The molecule has 1 aromatic heterocycles. The van der Waals surface area contributed by atoms with Gasteiger partial charge in [0.2, 0.25) is 0 Å². The molecule has 5 rings (SSSR count). The molecule has 2 saturated carbocycles. The summed E-state index contributed by atoms with van der Waals surface area (Å²) in [6, 6.07) is 4.48. The van der Waals surface area contributed by atoms with E-state index < -0.39 is 11.6 Å². The van der Waals surface area contributed by atoms with Gasteiger partial charge in [-0.05, 0) is 49.2 Å². The monoisotopic (exact) mass is 304 g/mol. The molecule has 21 heavy (non-hydrogen) atoms. The summed E-state index contributed by atoms with van der Waals surface area (Å²) < 4.78 is 32.3. The van der Waals surface area contributed by atoms with E-state index >= 15 is 0 Å². The Balaban J connectivity index is 1.59. The first-order valence-corrected chi connectivity index (χ1v) is 7.77. The van der Waals surface area contributed by atoms with Gasteiger partial charge in [-0.25, -0.2) is 8.78 Å². The van der Waals surface area contributed by atoms with Gasteiger partial charge in [-0.15, -0.1) is 0 Å². The molecule has 3 aliphatic rings. The molecule has 1 aromatic carbocycles. The third-order valence-electron chi connectivity index (χ3n) is 5.29. The molecule has 2 aliphatic carbocycles. The summed E-state index contributed by atoms with van der Waals surface area (Å²) in [7, 11) is 0. The number of fused-ring (bicyclic) bond motifs is 3. The Hall–Kier alpha value is -1.49. The highest BCUT2D eigenvalue weighted by atomic mass is 32.1. The largest absolute Gasteiger partial charge is 0.320 e. The molecule has 5 heteroatoms. The van der Waals surface area contributed by atoms with E-state index in [0.717, 1.165) is 29.4 Å². The molecular weight excluding hydrogens is 290 g/mol. The van der Waals surface area contributed by atoms with E-state index in [1.165, 1.54) is 30.7 Å². The second-order valence-corrected chi connectivity index (χ2v) is 7.00. The number of halogens is 2. The van der Waals surface area contributed by atoms with Crippen molar-refractivity contribution in [2.24, 2.45) is 0 Å². The number of benzene rings is 1. The average molecular weight is 304 g/mol. The Kier molecular flexibility index (Phi) is 2.09. The van der Waals surface area contributed by atoms with Crippen LogP contribution >= 0.6 is 12.2 Å². The van der Waals surface area contributed by atoms with Crippen LogP contribution in [0.5, 0.6) is 0 Å². The predicted octanol–water partition coefficient (Wildman–Crippen LogP) is 4.07. The number of hydrogen-bond acceptors (Lipinski definition) is 1. The van der Waals surface area contributed by atoms with E-state index in [1.54, 1.807) is 0 Å². The van der Waals surface area contributed by atoms with Gasteiger partial charge in [0.15, 0.2) is 4.77 Å². The molecule has 2 atom stereocenters. The predicted molar refractivity (Wildman–Crippen MR) is 76.9 cm³/mol. The zero-order valence-electron chi connectivity index (χ0n) is 11.4. The lowest BCUT2D eigenvalue weighted by Crippen LogP contribution is -2.14. The minimum absolute atomic E-state index is 0.130. The molecule has 0 bridgehead atoms. The second kappa shape index (κ2) is 3.64. The second-order valence-electron chi connectivity index (χ2n) is 6.63. The maximum absolute atomic E-state index is 13.5. The summed E-state index contributed by atoms with van der Waals surface area (Å²) in [5.74, 6) is -0.623. The molecule has 108 valence electrons. The van der Waals surface area contributed by atoms with Gasteiger partial charge < -0.3 is 9.13 Å². The molecular formula is C16H14F2N2S. The van der Waals surface area contributed by atoms with Crippen molar-refractivity contribution in [1.29, 1.82) is 0 Å². The van der Waals surface area contributed by atoms with Crippen LogP contribution in [0.3, 0.4) is 0 Å². The van der Waals surface area contributed by atoms with E-state index in [2.05, 4.69) is 15.3 Å². The SMILES string of the molecule is Fc1cc(F)cc([C@]23C[C@H]2c2cn(C4CC4)c(=S)n2C3)c1. The Bertz CT molecular complexity index is 813. The van der Waals surface area contributed by atoms with E-state index in [-0.39, 0.29) is 5.41 Å². The smallest absolute Gasteiger partial charge is 0.180 e. The van der Waals surface area contributed by atoms with Crippen LogP contribution in [0, 0.1) is 16.4 Å². The number of aromatic nitrogens is 2. The van der Waals surface area contributed by atoms with E-state index in [9.17, 15) is 8.78 Å².